The fourth-order valence-corrected chi connectivity index (χ4v) is 3.68. The molecule has 2 aliphatic rings. The maximum atomic E-state index is 11.5. The summed E-state index contributed by atoms with van der Waals surface area (Å²) in [5.74, 6) is 0.754. The van der Waals surface area contributed by atoms with E-state index in [1.165, 1.54) is 36.8 Å². The Hall–Kier alpha value is -1.02. The topological polar surface area (TPSA) is 29.1 Å². The lowest BCUT2D eigenvalue weighted by Gasteiger charge is -2.18. The number of carbonyl (C=O) groups excluding carboxylic acids is 1. The van der Waals surface area contributed by atoms with Gasteiger partial charge in [0.05, 0.1) is 5.38 Å². The van der Waals surface area contributed by atoms with Gasteiger partial charge in [0, 0.05) is 12.1 Å². The maximum absolute atomic E-state index is 11.5. The lowest BCUT2D eigenvalue weighted by atomic mass is 9.94. The molecule has 1 atom stereocenters. The zero-order valence-corrected chi connectivity index (χ0v) is 11.9. The van der Waals surface area contributed by atoms with Gasteiger partial charge in [0.25, 0.3) is 0 Å². The van der Waals surface area contributed by atoms with Crippen molar-refractivity contribution in [2.24, 2.45) is 5.92 Å². The summed E-state index contributed by atoms with van der Waals surface area (Å²) in [4.78, 5) is 11.5. The number of benzene rings is 1. The van der Waals surface area contributed by atoms with Crippen LogP contribution in [-0.4, -0.2) is 5.91 Å². The van der Waals surface area contributed by atoms with Crippen molar-refractivity contribution in [3.63, 3.8) is 0 Å². The molecule has 19 heavy (non-hydrogen) atoms. The Morgan fingerprint density at radius 1 is 1.16 bits per heavy atom. The Labute approximate surface area is 119 Å². The molecule has 3 rings (SSSR count). The minimum atomic E-state index is 0.129. The third-order valence-electron chi connectivity index (χ3n) is 4.39. The Balaban J connectivity index is 1.84. The number of rotatable bonds is 2. The van der Waals surface area contributed by atoms with Gasteiger partial charge in [-0.3, -0.25) is 4.79 Å². The molecule has 0 radical (unpaired) electrons. The van der Waals surface area contributed by atoms with Gasteiger partial charge >= 0.3 is 0 Å². The number of amides is 1. The number of alkyl halides is 1. The SMILES string of the molecule is O=C1CCCc2cc(C(Cl)C3CCCC3)ccc2N1. The number of hydrogen-bond donors (Lipinski definition) is 1. The van der Waals surface area contributed by atoms with Gasteiger partial charge in [-0.1, -0.05) is 25.0 Å². The Bertz CT molecular complexity index is 480. The van der Waals surface area contributed by atoms with Crippen LogP contribution < -0.4 is 5.32 Å². The highest BCUT2D eigenvalue weighted by Crippen LogP contribution is 2.40. The van der Waals surface area contributed by atoms with E-state index in [2.05, 4.69) is 17.4 Å². The van der Waals surface area contributed by atoms with Crippen LogP contribution in [0.1, 0.15) is 55.0 Å². The van der Waals surface area contributed by atoms with E-state index in [1.54, 1.807) is 0 Å². The summed E-state index contributed by atoms with van der Waals surface area (Å²) >= 11 is 6.64. The Kier molecular flexibility index (Phi) is 3.79. The molecule has 1 amide bonds. The minimum absolute atomic E-state index is 0.129. The number of anilines is 1. The van der Waals surface area contributed by atoms with Gasteiger partial charge in [-0.05, 0) is 48.8 Å². The van der Waals surface area contributed by atoms with Crippen molar-refractivity contribution in [3.05, 3.63) is 29.3 Å². The van der Waals surface area contributed by atoms with Gasteiger partial charge in [0.2, 0.25) is 5.91 Å². The van der Waals surface area contributed by atoms with E-state index >= 15 is 0 Å². The lowest BCUT2D eigenvalue weighted by Crippen LogP contribution is -2.09. The van der Waals surface area contributed by atoms with E-state index in [9.17, 15) is 4.79 Å². The van der Waals surface area contributed by atoms with E-state index < -0.39 is 0 Å². The van der Waals surface area contributed by atoms with Crippen LogP contribution in [0.2, 0.25) is 0 Å². The van der Waals surface area contributed by atoms with Crippen LogP contribution in [-0.2, 0) is 11.2 Å². The molecule has 102 valence electrons. The van der Waals surface area contributed by atoms with Crippen molar-refractivity contribution in [1.82, 2.24) is 0 Å². The first-order valence-electron chi connectivity index (χ1n) is 7.31. The number of aryl methyl sites for hydroxylation is 1. The zero-order chi connectivity index (χ0) is 13.2. The second-order valence-corrected chi connectivity index (χ2v) is 6.23. The molecule has 1 unspecified atom stereocenters. The van der Waals surface area contributed by atoms with Crippen LogP contribution in [0.3, 0.4) is 0 Å². The van der Waals surface area contributed by atoms with Crippen molar-refractivity contribution < 1.29 is 4.79 Å². The standard InChI is InChI=1S/C16H20ClNO/c17-16(11-4-1-2-5-11)13-8-9-14-12(10-13)6-3-7-15(19)18-14/h8-11,16H,1-7H2,(H,18,19). The van der Waals surface area contributed by atoms with Crippen LogP contribution in [0.25, 0.3) is 0 Å². The zero-order valence-electron chi connectivity index (χ0n) is 11.1. The summed E-state index contributed by atoms with van der Waals surface area (Å²) < 4.78 is 0. The first-order chi connectivity index (χ1) is 9.24. The summed E-state index contributed by atoms with van der Waals surface area (Å²) in [6, 6.07) is 6.32. The predicted octanol–water partition coefficient (Wildman–Crippen LogP) is 4.43. The first kappa shape index (κ1) is 13.0. The Morgan fingerprint density at radius 3 is 2.74 bits per heavy atom. The highest BCUT2D eigenvalue weighted by molar-refractivity contribution is 6.21. The van der Waals surface area contributed by atoms with Crippen molar-refractivity contribution in [2.45, 2.75) is 50.3 Å². The summed E-state index contributed by atoms with van der Waals surface area (Å²) in [6.45, 7) is 0. The number of nitrogens with one attached hydrogen (secondary N) is 1. The molecule has 1 aromatic rings. The predicted molar refractivity (Wildman–Crippen MR) is 78.6 cm³/mol. The normalized spacial score (nSPS) is 21.6. The highest BCUT2D eigenvalue weighted by Gasteiger charge is 2.25. The first-order valence-corrected chi connectivity index (χ1v) is 7.74. The van der Waals surface area contributed by atoms with Gasteiger partial charge in [0.15, 0.2) is 0 Å². The van der Waals surface area contributed by atoms with E-state index in [0.29, 0.717) is 12.3 Å². The monoisotopic (exact) mass is 277 g/mol. The van der Waals surface area contributed by atoms with Crippen molar-refractivity contribution in [2.75, 3.05) is 5.32 Å². The van der Waals surface area contributed by atoms with Crippen molar-refractivity contribution in [1.29, 1.82) is 0 Å². The second-order valence-electron chi connectivity index (χ2n) is 5.76. The van der Waals surface area contributed by atoms with Gasteiger partial charge in [-0.2, -0.15) is 0 Å². The third kappa shape index (κ3) is 2.79. The van der Waals surface area contributed by atoms with Crippen LogP contribution in [0.15, 0.2) is 18.2 Å². The number of hydrogen-bond acceptors (Lipinski definition) is 1. The quantitative estimate of drug-likeness (QED) is 0.796. The summed E-state index contributed by atoms with van der Waals surface area (Å²) in [5, 5.41) is 3.11. The molecule has 1 fully saturated rings. The molecular weight excluding hydrogens is 258 g/mol. The number of fused-ring (bicyclic) bond motifs is 1. The molecule has 1 aliphatic heterocycles. The molecular formula is C16H20ClNO. The summed E-state index contributed by atoms with van der Waals surface area (Å²) in [7, 11) is 0. The van der Waals surface area contributed by atoms with Crippen molar-refractivity contribution >= 4 is 23.2 Å². The van der Waals surface area contributed by atoms with E-state index in [4.69, 9.17) is 11.6 Å². The van der Waals surface area contributed by atoms with Crippen LogP contribution >= 0.6 is 11.6 Å². The summed E-state index contributed by atoms with van der Waals surface area (Å²) in [6.07, 6.45) is 7.65. The number of carbonyl (C=O) groups is 1. The lowest BCUT2D eigenvalue weighted by molar-refractivity contribution is -0.116. The van der Waals surface area contributed by atoms with Gasteiger partial charge in [-0.15, -0.1) is 11.6 Å². The molecule has 2 nitrogen and oxygen atoms in total. The molecule has 1 heterocycles. The maximum Gasteiger partial charge on any atom is 0.224 e. The van der Waals surface area contributed by atoms with Crippen molar-refractivity contribution in [3.8, 4) is 0 Å². The highest BCUT2D eigenvalue weighted by atomic mass is 35.5. The Morgan fingerprint density at radius 2 is 1.95 bits per heavy atom. The van der Waals surface area contributed by atoms with Gasteiger partial charge < -0.3 is 5.32 Å². The largest absolute Gasteiger partial charge is 0.326 e. The fourth-order valence-electron chi connectivity index (χ4n) is 3.29. The smallest absolute Gasteiger partial charge is 0.224 e. The molecule has 3 heteroatoms. The van der Waals surface area contributed by atoms with Crippen LogP contribution in [0, 0.1) is 5.92 Å². The minimum Gasteiger partial charge on any atom is -0.326 e. The molecule has 0 bridgehead atoms. The fraction of sp³-hybridized carbons (Fsp3) is 0.562. The summed E-state index contributed by atoms with van der Waals surface area (Å²) in [5.41, 5.74) is 3.44. The molecule has 0 aromatic heterocycles. The molecule has 1 N–H and O–H groups in total. The van der Waals surface area contributed by atoms with Gasteiger partial charge in [0.1, 0.15) is 0 Å². The molecule has 1 aromatic carbocycles. The average Bonchev–Trinajstić information content (AvgIpc) is 2.87. The van der Waals surface area contributed by atoms with Crippen LogP contribution in [0.4, 0.5) is 5.69 Å². The van der Waals surface area contributed by atoms with E-state index in [-0.39, 0.29) is 11.3 Å². The average molecular weight is 278 g/mol. The molecule has 1 aliphatic carbocycles. The van der Waals surface area contributed by atoms with E-state index in [0.717, 1.165) is 18.5 Å². The molecule has 1 saturated carbocycles. The third-order valence-corrected chi connectivity index (χ3v) is 4.99. The molecule has 0 spiro atoms. The van der Waals surface area contributed by atoms with E-state index in [1.807, 2.05) is 6.07 Å². The van der Waals surface area contributed by atoms with Gasteiger partial charge in [-0.25, -0.2) is 0 Å². The number of halogens is 1. The second kappa shape index (κ2) is 5.54. The molecule has 0 saturated heterocycles. The van der Waals surface area contributed by atoms with Crippen LogP contribution in [0.5, 0.6) is 0 Å².